The first-order valence-electron chi connectivity index (χ1n) is 8.15. The first-order chi connectivity index (χ1) is 13.5. The van der Waals surface area contributed by atoms with E-state index in [-0.39, 0.29) is 18.2 Å². The van der Waals surface area contributed by atoms with Crippen LogP contribution in [-0.4, -0.2) is 31.6 Å². The Bertz CT molecular complexity index is 960. The van der Waals surface area contributed by atoms with E-state index in [1.807, 2.05) is 40.8 Å². The maximum absolute atomic E-state index is 12.1. The smallest absolute Gasteiger partial charge is 0.326 e. The molecule has 9 heteroatoms. The number of para-hydroxylation sites is 1. The lowest BCUT2D eigenvalue weighted by atomic mass is 10.1. The Labute approximate surface area is 174 Å². The topological polar surface area (TPSA) is 106 Å². The Morgan fingerprint density at radius 2 is 1.93 bits per heavy atom. The van der Waals surface area contributed by atoms with Gasteiger partial charge >= 0.3 is 6.03 Å². The summed E-state index contributed by atoms with van der Waals surface area (Å²) in [7, 11) is 1.48. The van der Waals surface area contributed by atoms with Crippen molar-refractivity contribution in [3.8, 4) is 11.5 Å². The first kappa shape index (κ1) is 19.7. The number of anilines is 1. The summed E-state index contributed by atoms with van der Waals surface area (Å²) in [6.45, 7) is -0.194. The van der Waals surface area contributed by atoms with E-state index >= 15 is 0 Å². The lowest BCUT2D eigenvalue weighted by Gasteiger charge is -2.14. The van der Waals surface area contributed by atoms with Crippen molar-refractivity contribution < 1.29 is 23.9 Å². The van der Waals surface area contributed by atoms with Gasteiger partial charge in [0.05, 0.1) is 10.7 Å². The summed E-state index contributed by atoms with van der Waals surface area (Å²) in [5.74, 6) is 0.00170. The van der Waals surface area contributed by atoms with Gasteiger partial charge in [-0.1, -0.05) is 18.2 Å². The lowest BCUT2D eigenvalue weighted by molar-refractivity contribution is -0.118. The van der Waals surface area contributed by atoms with Crippen LogP contribution >= 0.6 is 22.6 Å². The minimum absolute atomic E-state index is 0.138. The highest BCUT2D eigenvalue weighted by Gasteiger charge is 2.23. The monoisotopic (exact) mass is 493 g/mol. The minimum atomic E-state index is -0.567. The summed E-state index contributed by atoms with van der Waals surface area (Å²) in [6, 6.07) is 11.9. The molecule has 0 saturated carbocycles. The second-order valence-electron chi connectivity index (χ2n) is 5.70. The first-order valence-corrected chi connectivity index (χ1v) is 9.23. The Morgan fingerprint density at radius 3 is 2.57 bits per heavy atom. The second kappa shape index (κ2) is 8.74. The quantitative estimate of drug-likeness (QED) is 0.326. The molecular weight excluding hydrogens is 477 g/mol. The van der Waals surface area contributed by atoms with Crippen molar-refractivity contribution in [1.82, 2.24) is 10.6 Å². The van der Waals surface area contributed by atoms with Crippen LogP contribution in [0.4, 0.5) is 10.5 Å². The molecule has 4 amide bonds. The van der Waals surface area contributed by atoms with Crippen LogP contribution in [0.5, 0.6) is 11.5 Å². The fraction of sp³-hybridized carbons (Fsp3) is 0.105. The molecule has 3 rings (SSSR count). The molecule has 2 aromatic carbocycles. The van der Waals surface area contributed by atoms with Gasteiger partial charge in [-0.25, -0.2) is 4.79 Å². The van der Waals surface area contributed by atoms with E-state index < -0.39 is 11.9 Å². The zero-order chi connectivity index (χ0) is 20.1. The SMILES string of the molecule is COc1cc(/C=C2/NC(=O)NC2=O)cc(I)c1OCC(=O)Nc1ccccc1. The number of ether oxygens (including phenoxy) is 2. The fourth-order valence-corrected chi connectivity index (χ4v) is 3.25. The maximum atomic E-state index is 12.1. The van der Waals surface area contributed by atoms with E-state index in [1.165, 1.54) is 13.2 Å². The standard InChI is InChI=1S/C19H16IN3O5/c1-27-15-9-11(8-14-18(25)23-19(26)22-14)7-13(20)17(15)28-10-16(24)21-12-5-3-2-4-6-12/h2-9H,10H2,1H3,(H,21,24)(H2,22,23,25,26)/b14-8+. The molecule has 0 radical (unpaired) electrons. The van der Waals surface area contributed by atoms with Crippen molar-refractivity contribution in [3.05, 3.63) is 57.3 Å². The summed E-state index contributed by atoms with van der Waals surface area (Å²) >= 11 is 2.05. The number of carbonyl (C=O) groups excluding carboxylic acids is 3. The number of nitrogens with one attached hydrogen (secondary N) is 3. The maximum Gasteiger partial charge on any atom is 0.326 e. The molecule has 8 nitrogen and oxygen atoms in total. The highest BCUT2D eigenvalue weighted by molar-refractivity contribution is 14.1. The molecule has 0 spiro atoms. The van der Waals surface area contributed by atoms with Gasteiger partial charge in [-0.2, -0.15) is 0 Å². The largest absolute Gasteiger partial charge is 0.493 e. The molecule has 1 aliphatic rings. The third kappa shape index (κ3) is 4.80. The van der Waals surface area contributed by atoms with Crippen LogP contribution < -0.4 is 25.4 Å². The average Bonchev–Trinajstić information content (AvgIpc) is 2.98. The number of hydrogen-bond acceptors (Lipinski definition) is 5. The van der Waals surface area contributed by atoms with Crippen molar-refractivity contribution >= 4 is 52.2 Å². The van der Waals surface area contributed by atoms with Gasteiger partial charge in [0.1, 0.15) is 5.70 Å². The molecule has 0 atom stereocenters. The van der Waals surface area contributed by atoms with Crippen LogP contribution in [-0.2, 0) is 9.59 Å². The number of rotatable bonds is 6. The highest BCUT2D eigenvalue weighted by Crippen LogP contribution is 2.34. The van der Waals surface area contributed by atoms with Gasteiger partial charge < -0.3 is 20.1 Å². The predicted molar refractivity (Wildman–Crippen MR) is 111 cm³/mol. The molecule has 0 aliphatic carbocycles. The van der Waals surface area contributed by atoms with Crippen LogP contribution in [0.25, 0.3) is 6.08 Å². The molecule has 1 saturated heterocycles. The second-order valence-corrected chi connectivity index (χ2v) is 6.87. The number of carbonyl (C=O) groups is 3. The molecule has 0 aromatic heterocycles. The Hall–Kier alpha value is -3.08. The summed E-state index contributed by atoms with van der Waals surface area (Å²) in [5, 5.41) is 7.29. The third-order valence-corrected chi connectivity index (χ3v) is 4.49. The number of benzene rings is 2. The van der Waals surface area contributed by atoms with E-state index in [0.717, 1.165) is 0 Å². The number of imide groups is 1. The Balaban J connectivity index is 1.73. The Morgan fingerprint density at radius 1 is 1.18 bits per heavy atom. The molecule has 144 valence electrons. The lowest BCUT2D eigenvalue weighted by Crippen LogP contribution is -2.22. The predicted octanol–water partition coefficient (Wildman–Crippen LogP) is 2.50. The summed E-state index contributed by atoms with van der Waals surface area (Å²) in [4.78, 5) is 35.0. The van der Waals surface area contributed by atoms with Gasteiger partial charge in [0.25, 0.3) is 11.8 Å². The van der Waals surface area contributed by atoms with Crippen molar-refractivity contribution in [1.29, 1.82) is 0 Å². The zero-order valence-corrected chi connectivity index (χ0v) is 16.9. The van der Waals surface area contributed by atoms with Gasteiger partial charge in [0, 0.05) is 5.69 Å². The molecule has 1 aliphatic heterocycles. The highest BCUT2D eigenvalue weighted by atomic mass is 127. The average molecular weight is 493 g/mol. The van der Waals surface area contributed by atoms with E-state index in [2.05, 4.69) is 16.0 Å². The number of amides is 4. The van der Waals surface area contributed by atoms with Crippen LogP contribution in [0.1, 0.15) is 5.56 Å². The van der Waals surface area contributed by atoms with E-state index in [1.54, 1.807) is 24.3 Å². The van der Waals surface area contributed by atoms with E-state index in [9.17, 15) is 14.4 Å². The molecule has 0 unspecified atom stereocenters. The Kier molecular flexibility index (Phi) is 6.14. The summed E-state index contributed by atoms with van der Waals surface area (Å²) < 4.78 is 11.7. The number of hydrogen-bond donors (Lipinski definition) is 3. The van der Waals surface area contributed by atoms with Crippen molar-refractivity contribution in [3.63, 3.8) is 0 Å². The number of methoxy groups -OCH3 is 1. The molecule has 0 bridgehead atoms. The van der Waals surface area contributed by atoms with Crippen molar-refractivity contribution in [2.45, 2.75) is 0 Å². The minimum Gasteiger partial charge on any atom is -0.493 e. The van der Waals surface area contributed by atoms with Crippen LogP contribution in [0.15, 0.2) is 48.2 Å². The van der Waals surface area contributed by atoms with Crippen LogP contribution in [0, 0.1) is 3.57 Å². The van der Waals surface area contributed by atoms with Crippen molar-refractivity contribution in [2.75, 3.05) is 19.0 Å². The van der Waals surface area contributed by atoms with E-state index in [0.29, 0.717) is 26.3 Å². The van der Waals surface area contributed by atoms with Crippen molar-refractivity contribution in [2.24, 2.45) is 0 Å². The molecular formula is C19H16IN3O5. The van der Waals surface area contributed by atoms with Gasteiger partial charge in [-0.3, -0.25) is 14.9 Å². The fourth-order valence-electron chi connectivity index (χ4n) is 2.47. The van der Waals surface area contributed by atoms with Gasteiger partial charge in [-0.15, -0.1) is 0 Å². The molecule has 28 heavy (non-hydrogen) atoms. The zero-order valence-electron chi connectivity index (χ0n) is 14.7. The van der Waals surface area contributed by atoms with Gasteiger partial charge in [0.2, 0.25) is 0 Å². The van der Waals surface area contributed by atoms with Crippen LogP contribution in [0.2, 0.25) is 0 Å². The van der Waals surface area contributed by atoms with Gasteiger partial charge in [0.15, 0.2) is 18.1 Å². The molecule has 3 N–H and O–H groups in total. The summed E-state index contributed by atoms with van der Waals surface area (Å²) in [6.07, 6.45) is 1.52. The molecule has 1 heterocycles. The normalized spacial score (nSPS) is 14.4. The summed E-state index contributed by atoms with van der Waals surface area (Å²) in [5.41, 5.74) is 1.45. The third-order valence-electron chi connectivity index (χ3n) is 3.69. The number of urea groups is 1. The van der Waals surface area contributed by atoms with Gasteiger partial charge in [-0.05, 0) is 58.5 Å². The molecule has 2 aromatic rings. The number of halogens is 1. The molecule has 1 fully saturated rings. The van der Waals surface area contributed by atoms with Crippen LogP contribution in [0.3, 0.4) is 0 Å². The van der Waals surface area contributed by atoms with E-state index in [4.69, 9.17) is 9.47 Å².